The van der Waals surface area contributed by atoms with Crippen molar-refractivity contribution in [1.29, 1.82) is 0 Å². The second-order valence-electron chi connectivity index (χ2n) is 4.60. The number of hydrogen-bond acceptors (Lipinski definition) is 3. The quantitative estimate of drug-likeness (QED) is 0.933. The predicted molar refractivity (Wildman–Crippen MR) is 86.0 cm³/mol. The molecule has 0 saturated carbocycles. The van der Waals surface area contributed by atoms with Gasteiger partial charge in [-0.15, -0.1) is 0 Å². The van der Waals surface area contributed by atoms with Crippen LogP contribution in [0.1, 0.15) is 15.9 Å². The van der Waals surface area contributed by atoms with E-state index in [1.54, 1.807) is 31.1 Å². The number of anilines is 1. The Labute approximate surface area is 133 Å². The highest BCUT2D eigenvalue weighted by atomic mass is 35.5. The van der Waals surface area contributed by atoms with Crippen LogP contribution < -0.4 is 5.32 Å². The number of halogens is 2. The molecule has 1 amide bonds. The van der Waals surface area contributed by atoms with Crippen molar-refractivity contribution >= 4 is 34.9 Å². The van der Waals surface area contributed by atoms with E-state index in [9.17, 15) is 4.79 Å². The molecule has 0 fully saturated rings. The highest BCUT2D eigenvalue weighted by Gasteiger charge is 2.14. The van der Waals surface area contributed by atoms with Crippen LogP contribution in [0, 0.1) is 0 Å². The molecule has 0 atom stereocenters. The van der Waals surface area contributed by atoms with Crippen molar-refractivity contribution < 1.29 is 4.79 Å². The van der Waals surface area contributed by atoms with Gasteiger partial charge in [0.25, 0.3) is 5.91 Å². The van der Waals surface area contributed by atoms with Gasteiger partial charge in [-0.05, 0) is 23.8 Å². The Morgan fingerprint density at radius 2 is 2.10 bits per heavy atom. The number of hydrogen-bond donors (Lipinski definition) is 1. The Hall–Kier alpha value is -1.78. The Morgan fingerprint density at radius 1 is 1.33 bits per heavy atom. The molecule has 2 rings (SSSR count). The van der Waals surface area contributed by atoms with E-state index in [1.165, 1.54) is 6.20 Å². The van der Waals surface area contributed by atoms with Crippen molar-refractivity contribution in [2.45, 2.75) is 6.54 Å². The van der Waals surface area contributed by atoms with Gasteiger partial charge in [0.15, 0.2) is 0 Å². The summed E-state index contributed by atoms with van der Waals surface area (Å²) < 4.78 is 0. The zero-order chi connectivity index (χ0) is 15.4. The Balaban J connectivity index is 2.14. The fraction of sp³-hybridized carbons (Fsp3) is 0.200. The van der Waals surface area contributed by atoms with Crippen molar-refractivity contribution in [3.63, 3.8) is 0 Å². The minimum absolute atomic E-state index is 0.146. The lowest BCUT2D eigenvalue weighted by molar-refractivity contribution is 0.0784. The average Bonchev–Trinajstić information content (AvgIpc) is 2.46. The first-order valence-electron chi connectivity index (χ1n) is 6.34. The third kappa shape index (κ3) is 3.86. The second kappa shape index (κ2) is 6.78. The molecule has 110 valence electrons. The van der Waals surface area contributed by atoms with E-state index in [0.29, 0.717) is 28.0 Å². The van der Waals surface area contributed by atoms with E-state index in [0.717, 1.165) is 5.56 Å². The normalized spacial score (nSPS) is 10.3. The summed E-state index contributed by atoms with van der Waals surface area (Å²) in [6, 6.07) is 9.02. The molecular weight excluding hydrogens is 309 g/mol. The van der Waals surface area contributed by atoms with E-state index in [2.05, 4.69) is 10.3 Å². The molecule has 0 aliphatic rings. The van der Waals surface area contributed by atoms with Crippen LogP contribution >= 0.6 is 23.2 Å². The number of pyridine rings is 1. The highest BCUT2D eigenvalue weighted by molar-refractivity contribution is 6.33. The Bertz CT molecular complexity index is 661. The number of carbonyl (C=O) groups excluding carboxylic acids is 1. The minimum Gasteiger partial charge on any atom is -0.372 e. The van der Waals surface area contributed by atoms with E-state index >= 15 is 0 Å². The first-order valence-corrected chi connectivity index (χ1v) is 7.10. The molecule has 6 heteroatoms. The zero-order valence-electron chi connectivity index (χ0n) is 11.7. The van der Waals surface area contributed by atoms with Gasteiger partial charge in [-0.2, -0.15) is 0 Å². The first kappa shape index (κ1) is 15.6. The van der Waals surface area contributed by atoms with Crippen LogP contribution in [-0.2, 0) is 6.54 Å². The molecule has 1 heterocycles. The van der Waals surface area contributed by atoms with E-state index < -0.39 is 0 Å². The van der Waals surface area contributed by atoms with Gasteiger partial charge < -0.3 is 10.2 Å². The molecular formula is C15H15Cl2N3O. The van der Waals surface area contributed by atoms with Gasteiger partial charge in [-0.3, -0.25) is 4.79 Å². The third-order valence-corrected chi connectivity index (χ3v) is 3.50. The molecule has 0 radical (unpaired) electrons. The van der Waals surface area contributed by atoms with Crippen LogP contribution in [0.25, 0.3) is 0 Å². The molecule has 21 heavy (non-hydrogen) atoms. The lowest BCUT2D eigenvalue weighted by Gasteiger charge is -2.17. The summed E-state index contributed by atoms with van der Waals surface area (Å²) in [5.74, 6) is 0.401. The van der Waals surface area contributed by atoms with Crippen LogP contribution in [0.4, 0.5) is 5.82 Å². The largest absolute Gasteiger partial charge is 0.372 e. The number of rotatable bonds is 4. The number of nitrogens with zero attached hydrogens (tertiary/aromatic N) is 2. The highest BCUT2D eigenvalue weighted by Crippen LogP contribution is 2.20. The fourth-order valence-corrected chi connectivity index (χ4v) is 2.41. The van der Waals surface area contributed by atoms with Crippen LogP contribution in [-0.4, -0.2) is 29.9 Å². The number of aromatic nitrogens is 1. The molecule has 0 saturated heterocycles. The van der Waals surface area contributed by atoms with Gasteiger partial charge in [0.2, 0.25) is 0 Å². The van der Waals surface area contributed by atoms with Crippen molar-refractivity contribution in [2.75, 3.05) is 19.4 Å². The van der Waals surface area contributed by atoms with Gasteiger partial charge in [-0.1, -0.05) is 35.3 Å². The number of amides is 1. The Kier molecular flexibility index (Phi) is 5.04. The molecule has 0 aliphatic heterocycles. The van der Waals surface area contributed by atoms with Gasteiger partial charge in [-0.25, -0.2) is 4.98 Å². The molecule has 0 aliphatic carbocycles. The Morgan fingerprint density at radius 3 is 2.71 bits per heavy atom. The number of nitrogens with one attached hydrogen (secondary N) is 1. The summed E-state index contributed by atoms with van der Waals surface area (Å²) in [6.07, 6.45) is 1.51. The van der Waals surface area contributed by atoms with Crippen LogP contribution in [0.3, 0.4) is 0 Å². The van der Waals surface area contributed by atoms with Gasteiger partial charge in [0, 0.05) is 31.9 Å². The van der Waals surface area contributed by atoms with Crippen molar-refractivity contribution in [3.8, 4) is 0 Å². The average molecular weight is 324 g/mol. The first-order chi connectivity index (χ1) is 10.0. The van der Waals surface area contributed by atoms with Crippen LogP contribution in [0.5, 0.6) is 0 Å². The lowest BCUT2D eigenvalue weighted by atomic mass is 10.2. The van der Waals surface area contributed by atoms with Crippen LogP contribution in [0.2, 0.25) is 10.0 Å². The van der Waals surface area contributed by atoms with E-state index in [-0.39, 0.29) is 5.91 Å². The third-order valence-electron chi connectivity index (χ3n) is 2.98. The minimum atomic E-state index is -0.146. The fourth-order valence-electron chi connectivity index (χ4n) is 1.94. The van der Waals surface area contributed by atoms with Crippen molar-refractivity contribution in [2.24, 2.45) is 0 Å². The summed E-state index contributed by atoms with van der Waals surface area (Å²) in [5.41, 5.74) is 1.41. The van der Waals surface area contributed by atoms with Gasteiger partial charge in [0.1, 0.15) is 5.82 Å². The molecule has 2 aromatic rings. The molecule has 4 nitrogen and oxygen atoms in total. The zero-order valence-corrected chi connectivity index (χ0v) is 13.2. The SMILES string of the molecule is CNc1ncc(C(=O)N(C)Cc2cccc(Cl)c2)cc1Cl. The molecule has 1 N–H and O–H groups in total. The summed E-state index contributed by atoms with van der Waals surface area (Å²) in [7, 11) is 3.45. The smallest absolute Gasteiger partial charge is 0.255 e. The number of benzene rings is 1. The maximum atomic E-state index is 12.4. The van der Waals surface area contributed by atoms with Crippen LogP contribution in [0.15, 0.2) is 36.5 Å². The van der Waals surface area contributed by atoms with Crippen molar-refractivity contribution in [3.05, 3.63) is 57.7 Å². The molecule has 0 unspecified atom stereocenters. The predicted octanol–water partition coefficient (Wildman–Crippen LogP) is 3.70. The van der Waals surface area contributed by atoms with E-state index in [1.807, 2.05) is 18.2 Å². The van der Waals surface area contributed by atoms with Crippen molar-refractivity contribution in [1.82, 2.24) is 9.88 Å². The second-order valence-corrected chi connectivity index (χ2v) is 5.44. The molecule has 0 spiro atoms. The standard InChI is InChI=1S/C15H15Cl2N3O/c1-18-14-13(17)7-11(8-19-14)15(21)20(2)9-10-4-3-5-12(16)6-10/h3-8H,9H2,1-2H3,(H,18,19). The maximum Gasteiger partial charge on any atom is 0.255 e. The monoisotopic (exact) mass is 323 g/mol. The summed E-state index contributed by atoms with van der Waals surface area (Å²) in [4.78, 5) is 18.1. The maximum absolute atomic E-state index is 12.4. The van der Waals surface area contributed by atoms with Gasteiger partial charge in [0.05, 0.1) is 10.6 Å². The molecule has 0 bridgehead atoms. The summed E-state index contributed by atoms with van der Waals surface area (Å²) >= 11 is 12.0. The van der Waals surface area contributed by atoms with E-state index in [4.69, 9.17) is 23.2 Å². The molecule has 1 aromatic carbocycles. The lowest BCUT2D eigenvalue weighted by Crippen LogP contribution is -2.26. The van der Waals surface area contributed by atoms with Gasteiger partial charge >= 0.3 is 0 Å². The summed E-state index contributed by atoms with van der Waals surface area (Å²) in [6.45, 7) is 0.463. The number of carbonyl (C=O) groups is 1. The topological polar surface area (TPSA) is 45.2 Å². The summed E-state index contributed by atoms with van der Waals surface area (Å²) in [5, 5.41) is 3.92. The molecule has 1 aromatic heterocycles.